The third-order valence-corrected chi connectivity index (χ3v) is 4.70. The quantitative estimate of drug-likeness (QED) is 0.765. The van der Waals surface area contributed by atoms with Crippen LogP contribution in [0, 0.1) is 0 Å². The molecule has 0 aliphatic rings. The third kappa shape index (κ3) is 3.77. The number of nitrogens with zero attached hydrogens (tertiary/aromatic N) is 2. The number of rotatable bonds is 6. The van der Waals surface area contributed by atoms with Gasteiger partial charge in [-0.2, -0.15) is 4.98 Å². The van der Waals surface area contributed by atoms with E-state index in [1.165, 1.54) is 14.2 Å². The highest BCUT2D eigenvalue weighted by Gasteiger charge is 2.23. The highest BCUT2D eigenvalue weighted by atomic mass is 32.2. The number of nitrogens with two attached hydrogens (primary N) is 2. The van der Waals surface area contributed by atoms with Crippen LogP contribution in [0.4, 0.5) is 11.8 Å². The van der Waals surface area contributed by atoms with Crippen LogP contribution in [0.25, 0.3) is 0 Å². The summed E-state index contributed by atoms with van der Waals surface area (Å²) in [5, 5.41) is 0. The van der Waals surface area contributed by atoms with E-state index in [9.17, 15) is 4.55 Å². The van der Waals surface area contributed by atoms with E-state index in [-0.39, 0.29) is 5.95 Å². The van der Waals surface area contributed by atoms with Crippen LogP contribution in [0.1, 0.15) is 18.1 Å². The van der Waals surface area contributed by atoms with E-state index in [1.807, 2.05) is 19.1 Å². The Kier molecular flexibility index (Phi) is 5.51. The highest BCUT2D eigenvalue weighted by molar-refractivity contribution is 7.91. The number of hydrogen-bond acceptors (Lipinski definition) is 7. The predicted octanol–water partition coefficient (Wildman–Crippen LogP) is 1.38. The van der Waals surface area contributed by atoms with Gasteiger partial charge in [0.05, 0.1) is 14.2 Å². The highest BCUT2D eigenvalue weighted by Crippen LogP contribution is 2.36. The number of nitrogen functional groups attached to an aromatic ring is 2. The number of anilines is 2. The van der Waals surface area contributed by atoms with Crippen molar-refractivity contribution >= 4 is 22.9 Å². The molecule has 7 nitrogen and oxygen atoms in total. The number of methoxy groups -OCH3 is 2. The third-order valence-electron chi connectivity index (χ3n) is 3.32. The topological polar surface area (TPSA) is 119 Å². The minimum Gasteiger partial charge on any atom is -0.611 e. The molecule has 1 unspecified atom stereocenters. The first kappa shape index (κ1) is 17.2. The van der Waals surface area contributed by atoms with Gasteiger partial charge in [-0.1, -0.05) is 0 Å². The molecule has 1 aromatic heterocycles. The number of hydrogen-bond donors (Lipinski definition) is 2. The summed E-state index contributed by atoms with van der Waals surface area (Å²) in [6.45, 7) is 1.84. The van der Waals surface area contributed by atoms with Crippen LogP contribution in [0.3, 0.4) is 0 Å². The maximum atomic E-state index is 12.2. The van der Waals surface area contributed by atoms with E-state index >= 15 is 0 Å². The van der Waals surface area contributed by atoms with Gasteiger partial charge in [0, 0.05) is 18.2 Å². The molecule has 2 aromatic rings. The first-order valence-electron chi connectivity index (χ1n) is 7.00. The standard InChI is InChI=1S/C15H20N4O3S/c1-4-23(20)13-11(21-2)6-9(7-12(13)22-3)5-10-8-18-15(17)19-14(10)16/h6-8H,4-5H2,1-3H3,(H4,16,17,18,19). The molecular formula is C15H20N4O3S. The van der Waals surface area contributed by atoms with E-state index in [0.29, 0.717) is 34.4 Å². The van der Waals surface area contributed by atoms with E-state index in [1.54, 1.807) is 6.20 Å². The van der Waals surface area contributed by atoms with Crippen molar-refractivity contribution in [3.05, 3.63) is 29.5 Å². The monoisotopic (exact) mass is 336 g/mol. The van der Waals surface area contributed by atoms with Gasteiger partial charge in [-0.3, -0.25) is 0 Å². The van der Waals surface area contributed by atoms with E-state index in [4.69, 9.17) is 20.9 Å². The fourth-order valence-corrected chi connectivity index (χ4v) is 3.22. The van der Waals surface area contributed by atoms with Gasteiger partial charge < -0.3 is 25.5 Å². The zero-order valence-corrected chi connectivity index (χ0v) is 14.1. The molecule has 0 spiro atoms. The summed E-state index contributed by atoms with van der Waals surface area (Å²) < 4.78 is 23.0. The molecule has 124 valence electrons. The Balaban J connectivity index is 2.43. The van der Waals surface area contributed by atoms with Crippen molar-refractivity contribution in [2.75, 3.05) is 31.4 Å². The molecule has 0 bridgehead atoms. The van der Waals surface area contributed by atoms with Crippen LogP contribution in [-0.2, 0) is 17.6 Å². The molecule has 2 rings (SSSR count). The van der Waals surface area contributed by atoms with Gasteiger partial charge in [0.25, 0.3) is 0 Å². The van der Waals surface area contributed by atoms with Gasteiger partial charge in [-0.15, -0.1) is 0 Å². The lowest BCUT2D eigenvalue weighted by Gasteiger charge is -2.17. The van der Waals surface area contributed by atoms with Crippen LogP contribution in [-0.4, -0.2) is 34.5 Å². The average molecular weight is 336 g/mol. The largest absolute Gasteiger partial charge is 0.611 e. The maximum absolute atomic E-state index is 12.2. The summed E-state index contributed by atoms with van der Waals surface area (Å²) in [4.78, 5) is 8.46. The van der Waals surface area contributed by atoms with Gasteiger partial charge in [0.15, 0.2) is 11.5 Å². The fraction of sp³-hybridized carbons (Fsp3) is 0.333. The van der Waals surface area contributed by atoms with Crippen molar-refractivity contribution in [2.45, 2.75) is 18.2 Å². The summed E-state index contributed by atoms with van der Waals surface area (Å²) in [6, 6.07) is 3.64. The second-order valence-electron chi connectivity index (χ2n) is 4.78. The lowest BCUT2D eigenvalue weighted by atomic mass is 10.1. The van der Waals surface area contributed by atoms with E-state index < -0.39 is 11.2 Å². The smallest absolute Gasteiger partial charge is 0.236 e. The fourth-order valence-electron chi connectivity index (χ4n) is 2.20. The summed E-state index contributed by atoms with van der Waals surface area (Å²) in [7, 11) is 3.07. The van der Waals surface area contributed by atoms with Crippen molar-refractivity contribution in [3.63, 3.8) is 0 Å². The van der Waals surface area contributed by atoms with Gasteiger partial charge in [0.1, 0.15) is 11.6 Å². The van der Waals surface area contributed by atoms with Crippen LogP contribution >= 0.6 is 0 Å². The van der Waals surface area contributed by atoms with E-state index in [2.05, 4.69) is 9.97 Å². The molecule has 23 heavy (non-hydrogen) atoms. The van der Waals surface area contributed by atoms with Crippen molar-refractivity contribution < 1.29 is 14.0 Å². The molecule has 0 fully saturated rings. The lowest BCUT2D eigenvalue weighted by molar-refractivity contribution is 0.372. The average Bonchev–Trinajstić information content (AvgIpc) is 2.55. The molecule has 1 atom stereocenters. The van der Waals surface area contributed by atoms with Crippen molar-refractivity contribution in [1.29, 1.82) is 0 Å². The molecule has 8 heteroatoms. The summed E-state index contributed by atoms with van der Waals surface area (Å²) in [5.74, 6) is 1.99. The number of ether oxygens (including phenoxy) is 2. The Morgan fingerprint density at radius 1 is 1.17 bits per heavy atom. The molecule has 0 radical (unpaired) electrons. The van der Waals surface area contributed by atoms with Gasteiger partial charge in [-0.05, 0) is 35.8 Å². The SMILES string of the molecule is CC[S+]([O-])c1c(OC)cc(Cc2cnc(N)nc2N)cc1OC. The molecule has 1 aromatic carbocycles. The summed E-state index contributed by atoms with van der Waals surface area (Å²) in [5.41, 5.74) is 13.0. The zero-order chi connectivity index (χ0) is 17.0. The van der Waals surface area contributed by atoms with Crippen LogP contribution < -0.4 is 20.9 Å². The molecule has 0 saturated heterocycles. The Morgan fingerprint density at radius 3 is 2.26 bits per heavy atom. The molecule has 4 N–H and O–H groups in total. The zero-order valence-electron chi connectivity index (χ0n) is 13.3. The van der Waals surface area contributed by atoms with E-state index in [0.717, 1.165) is 11.1 Å². The van der Waals surface area contributed by atoms with Crippen LogP contribution in [0.15, 0.2) is 23.2 Å². The van der Waals surface area contributed by atoms with Gasteiger partial charge in [-0.25, -0.2) is 4.98 Å². The van der Waals surface area contributed by atoms with Gasteiger partial charge in [0.2, 0.25) is 10.8 Å². The predicted molar refractivity (Wildman–Crippen MR) is 90.2 cm³/mol. The maximum Gasteiger partial charge on any atom is 0.236 e. The number of aromatic nitrogens is 2. The molecule has 1 heterocycles. The van der Waals surface area contributed by atoms with Crippen molar-refractivity contribution in [3.8, 4) is 11.5 Å². The normalized spacial score (nSPS) is 12.0. The lowest BCUT2D eigenvalue weighted by Crippen LogP contribution is -2.09. The molecular weight excluding hydrogens is 316 g/mol. The number of benzene rings is 1. The van der Waals surface area contributed by atoms with Crippen molar-refractivity contribution in [2.24, 2.45) is 0 Å². The van der Waals surface area contributed by atoms with Crippen LogP contribution in [0.2, 0.25) is 0 Å². The Hall–Kier alpha value is -2.19. The minimum atomic E-state index is -1.19. The second kappa shape index (κ2) is 7.38. The first-order chi connectivity index (χ1) is 11.0. The molecule has 0 aliphatic heterocycles. The summed E-state index contributed by atoms with van der Waals surface area (Å²) in [6.07, 6.45) is 2.08. The molecule has 0 saturated carbocycles. The Labute approximate surface area is 138 Å². The van der Waals surface area contributed by atoms with Crippen molar-refractivity contribution in [1.82, 2.24) is 9.97 Å². The second-order valence-corrected chi connectivity index (χ2v) is 6.46. The minimum absolute atomic E-state index is 0.134. The Morgan fingerprint density at radius 2 is 1.78 bits per heavy atom. The van der Waals surface area contributed by atoms with Crippen LogP contribution in [0.5, 0.6) is 11.5 Å². The Bertz CT molecular complexity index is 671. The first-order valence-corrected chi connectivity index (χ1v) is 8.32. The van der Waals surface area contributed by atoms with Gasteiger partial charge >= 0.3 is 0 Å². The molecule has 0 amide bonds. The molecule has 0 aliphatic carbocycles. The summed E-state index contributed by atoms with van der Waals surface area (Å²) >= 11 is -1.19.